The van der Waals surface area contributed by atoms with Gasteiger partial charge in [-0.05, 0) is 36.1 Å². The van der Waals surface area contributed by atoms with Crippen LogP contribution in [0.4, 0.5) is 5.69 Å². The standard InChI is InChI=1S/C27H20N4O2/c1-16-12-13-19-20(14-16)24-23(22(19)17-8-4-2-5-9-17)25(31-30-24)26(32)21(15-28)27(33)29-18-10-6-3-7-11-18/h2-14,21,30-31H,1H3,(H,29,33). The molecule has 1 heterocycles. The molecule has 1 unspecified atom stereocenters. The smallest absolute Gasteiger partial charge is 0.249 e. The highest BCUT2D eigenvalue weighted by molar-refractivity contribution is 6.22. The molecule has 0 bridgehead atoms. The topological polar surface area (TPSA) is 102 Å². The van der Waals surface area contributed by atoms with Gasteiger partial charge in [0.15, 0.2) is 5.92 Å². The Morgan fingerprint density at radius 3 is 2.27 bits per heavy atom. The van der Waals surface area contributed by atoms with Crippen LogP contribution in [0.5, 0.6) is 0 Å². The van der Waals surface area contributed by atoms with Gasteiger partial charge in [-0.25, -0.2) is 0 Å². The van der Waals surface area contributed by atoms with E-state index in [9.17, 15) is 14.9 Å². The van der Waals surface area contributed by atoms with E-state index in [1.807, 2.05) is 61.5 Å². The number of hydrogen-bond donors (Lipinski definition) is 3. The number of nitrogens with one attached hydrogen (secondary N) is 3. The second kappa shape index (κ2) is 8.13. The first-order valence-electron chi connectivity index (χ1n) is 10.6. The highest BCUT2D eigenvalue weighted by atomic mass is 16.2. The van der Waals surface area contributed by atoms with Crippen molar-refractivity contribution in [2.24, 2.45) is 5.92 Å². The number of anilines is 1. The van der Waals surface area contributed by atoms with E-state index in [1.165, 1.54) is 0 Å². The third-order valence-corrected chi connectivity index (χ3v) is 5.78. The molecule has 1 atom stereocenters. The van der Waals surface area contributed by atoms with Crippen molar-refractivity contribution in [2.45, 2.75) is 6.92 Å². The van der Waals surface area contributed by atoms with E-state index < -0.39 is 17.6 Å². The Hall–Kier alpha value is -4.63. The SMILES string of the molecule is Cc1ccc2c(-c3ccccc3)c3c(C(=O)C(C#N)C(=O)Nc4ccccc4)[nH][nH]c-3c2c1. The van der Waals surface area contributed by atoms with Crippen molar-refractivity contribution < 1.29 is 9.59 Å². The summed E-state index contributed by atoms with van der Waals surface area (Å²) < 4.78 is 0. The van der Waals surface area contributed by atoms with Crippen molar-refractivity contribution in [3.63, 3.8) is 0 Å². The van der Waals surface area contributed by atoms with Crippen LogP contribution >= 0.6 is 0 Å². The molecular formula is C27H20N4O2. The van der Waals surface area contributed by atoms with Gasteiger partial charge in [-0.15, -0.1) is 0 Å². The van der Waals surface area contributed by atoms with Crippen LogP contribution in [0.1, 0.15) is 16.1 Å². The molecule has 0 radical (unpaired) electrons. The molecule has 1 aliphatic heterocycles. The lowest BCUT2D eigenvalue weighted by molar-refractivity contribution is -0.117. The van der Waals surface area contributed by atoms with E-state index in [-0.39, 0.29) is 5.69 Å². The number of fused-ring (bicyclic) bond motifs is 3. The Balaban J connectivity index is 1.63. The van der Waals surface area contributed by atoms with Crippen LogP contribution in [0.15, 0.2) is 78.9 Å². The van der Waals surface area contributed by atoms with Crippen LogP contribution in [0.3, 0.4) is 0 Å². The van der Waals surface area contributed by atoms with Gasteiger partial charge in [-0.1, -0.05) is 66.2 Å². The molecule has 3 N–H and O–H groups in total. The molecule has 6 nitrogen and oxygen atoms in total. The first-order chi connectivity index (χ1) is 16.1. The second-order valence-corrected chi connectivity index (χ2v) is 7.95. The molecule has 160 valence electrons. The number of amides is 1. The third-order valence-electron chi connectivity index (χ3n) is 5.78. The maximum absolute atomic E-state index is 13.5. The van der Waals surface area contributed by atoms with Gasteiger partial charge in [0.05, 0.1) is 11.8 Å². The van der Waals surface area contributed by atoms with Crippen LogP contribution in [0.2, 0.25) is 0 Å². The fraction of sp³-hybridized carbons (Fsp3) is 0.0741. The van der Waals surface area contributed by atoms with E-state index >= 15 is 0 Å². The zero-order valence-corrected chi connectivity index (χ0v) is 17.8. The van der Waals surface area contributed by atoms with Gasteiger partial charge in [-0.3, -0.25) is 19.8 Å². The molecule has 0 spiro atoms. The van der Waals surface area contributed by atoms with E-state index in [0.717, 1.165) is 33.2 Å². The fourth-order valence-electron chi connectivity index (χ4n) is 4.25. The molecule has 0 saturated carbocycles. The number of rotatable bonds is 5. The Labute approximate surface area is 190 Å². The fourth-order valence-corrected chi connectivity index (χ4v) is 4.25. The molecule has 2 aliphatic rings. The molecule has 1 amide bonds. The highest BCUT2D eigenvalue weighted by Crippen LogP contribution is 2.46. The van der Waals surface area contributed by atoms with Crippen molar-refractivity contribution in [1.82, 2.24) is 10.2 Å². The van der Waals surface area contributed by atoms with Gasteiger partial charge < -0.3 is 5.32 Å². The van der Waals surface area contributed by atoms with Crippen molar-refractivity contribution in [3.05, 3.63) is 90.1 Å². The lowest BCUT2D eigenvalue weighted by atomic mass is 9.95. The average Bonchev–Trinajstić information content (AvgIpc) is 3.39. The Bertz CT molecular complexity index is 1490. The van der Waals surface area contributed by atoms with Crippen LogP contribution in [-0.2, 0) is 4.79 Å². The number of H-pyrrole nitrogens is 2. The molecule has 0 saturated heterocycles. The molecule has 3 aromatic carbocycles. The number of benzene rings is 3. The van der Waals surface area contributed by atoms with Crippen LogP contribution in [-0.4, -0.2) is 21.9 Å². The summed E-state index contributed by atoms with van der Waals surface area (Å²) in [6.07, 6.45) is 0. The number of carbonyl (C=O) groups excluding carboxylic acids is 2. The molecule has 33 heavy (non-hydrogen) atoms. The van der Waals surface area contributed by atoms with Crippen molar-refractivity contribution in [1.29, 1.82) is 5.26 Å². The van der Waals surface area contributed by atoms with Crippen LogP contribution in [0.25, 0.3) is 33.2 Å². The van der Waals surface area contributed by atoms with Crippen molar-refractivity contribution >= 4 is 28.2 Å². The Morgan fingerprint density at radius 1 is 0.879 bits per heavy atom. The van der Waals surface area contributed by atoms with Gasteiger partial charge in [0.25, 0.3) is 0 Å². The van der Waals surface area contributed by atoms with Crippen molar-refractivity contribution in [3.8, 4) is 28.5 Å². The van der Waals surface area contributed by atoms with E-state index in [4.69, 9.17) is 0 Å². The maximum atomic E-state index is 13.5. The minimum Gasteiger partial charge on any atom is -0.325 e. The molecular weight excluding hydrogens is 412 g/mol. The Kier molecular flexibility index (Phi) is 5.00. The molecule has 1 aliphatic carbocycles. The number of aromatic nitrogens is 2. The number of aryl methyl sites for hydroxylation is 1. The van der Waals surface area contributed by atoms with Crippen molar-refractivity contribution in [2.75, 3.05) is 5.32 Å². The quantitative estimate of drug-likeness (QED) is 0.251. The summed E-state index contributed by atoms with van der Waals surface area (Å²) in [7, 11) is 0. The van der Waals surface area contributed by atoms with Crippen LogP contribution in [0, 0.1) is 24.2 Å². The summed E-state index contributed by atoms with van der Waals surface area (Å²) in [5.74, 6) is -2.74. The monoisotopic (exact) mass is 432 g/mol. The number of hydrogen-bond acceptors (Lipinski definition) is 3. The second-order valence-electron chi connectivity index (χ2n) is 7.95. The van der Waals surface area contributed by atoms with Gasteiger partial charge >= 0.3 is 0 Å². The summed E-state index contributed by atoms with van der Waals surface area (Å²) >= 11 is 0. The first kappa shape index (κ1) is 20.3. The number of nitrogens with zero attached hydrogens (tertiary/aromatic N) is 1. The van der Waals surface area contributed by atoms with Crippen LogP contribution < -0.4 is 5.32 Å². The minimum atomic E-state index is -1.50. The average molecular weight is 432 g/mol. The molecule has 0 aromatic heterocycles. The predicted molar refractivity (Wildman–Crippen MR) is 128 cm³/mol. The largest absolute Gasteiger partial charge is 0.325 e. The number of ketones is 1. The number of para-hydroxylation sites is 1. The number of aromatic amines is 2. The molecule has 6 heteroatoms. The zero-order valence-electron chi connectivity index (χ0n) is 17.8. The van der Waals surface area contributed by atoms with E-state index in [0.29, 0.717) is 11.3 Å². The zero-order chi connectivity index (χ0) is 22.9. The highest BCUT2D eigenvalue weighted by Gasteiger charge is 2.34. The molecule has 3 aromatic rings. The van der Waals surface area contributed by atoms with E-state index in [1.54, 1.807) is 24.3 Å². The molecule has 0 fully saturated rings. The van der Waals surface area contributed by atoms with Gasteiger partial charge in [0.2, 0.25) is 11.7 Å². The lowest BCUT2D eigenvalue weighted by Gasteiger charge is -2.10. The normalized spacial score (nSPS) is 11.9. The summed E-state index contributed by atoms with van der Waals surface area (Å²) in [6.45, 7) is 2.01. The predicted octanol–water partition coefficient (Wildman–Crippen LogP) is 5.54. The van der Waals surface area contributed by atoms with Gasteiger partial charge in [0, 0.05) is 22.2 Å². The lowest BCUT2D eigenvalue weighted by Crippen LogP contribution is -2.29. The number of nitriles is 1. The third kappa shape index (κ3) is 3.46. The summed E-state index contributed by atoms with van der Waals surface area (Å²) in [5, 5.41) is 20.4. The maximum Gasteiger partial charge on any atom is 0.249 e. The summed E-state index contributed by atoms with van der Waals surface area (Å²) in [5.41, 5.74) is 5.13. The van der Waals surface area contributed by atoms with E-state index in [2.05, 4.69) is 21.6 Å². The first-order valence-corrected chi connectivity index (χ1v) is 10.6. The van der Waals surface area contributed by atoms with Gasteiger partial charge in [-0.2, -0.15) is 5.26 Å². The Morgan fingerprint density at radius 2 is 1.58 bits per heavy atom. The minimum absolute atomic E-state index is 0.215. The summed E-state index contributed by atoms with van der Waals surface area (Å²) in [6, 6.07) is 26.6. The number of carbonyl (C=O) groups is 2. The molecule has 5 rings (SSSR count). The number of Topliss-reactive ketones (excluding diaryl/α,β-unsaturated/α-hetero) is 1. The van der Waals surface area contributed by atoms with Gasteiger partial charge in [0.1, 0.15) is 5.69 Å². The summed E-state index contributed by atoms with van der Waals surface area (Å²) in [4.78, 5) is 26.3.